The van der Waals surface area contributed by atoms with Crippen LogP contribution in [0.4, 0.5) is 38.0 Å². The van der Waals surface area contributed by atoms with E-state index in [4.69, 9.17) is 0 Å². The maximum absolute atomic E-state index is 17.2. The quantitative estimate of drug-likeness (QED) is 0.160. The van der Waals surface area contributed by atoms with E-state index in [2.05, 4.69) is 10.3 Å². The van der Waals surface area contributed by atoms with Crippen LogP contribution in [0.2, 0.25) is 0 Å². The lowest BCUT2D eigenvalue weighted by Crippen LogP contribution is -2.45. The molecule has 2 atom stereocenters. The second-order valence-corrected chi connectivity index (χ2v) is 16.1. The van der Waals surface area contributed by atoms with Gasteiger partial charge in [0.25, 0.3) is 5.91 Å². The number of hydrogen-bond acceptors (Lipinski definition) is 7. The topological polar surface area (TPSA) is 125 Å². The summed E-state index contributed by atoms with van der Waals surface area (Å²) in [4.78, 5) is 33.1. The summed E-state index contributed by atoms with van der Waals surface area (Å²) in [6.45, 7) is 0.0907. The number of carbonyl (C=O) groups excluding carboxylic acids is 1. The molecule has 2 aliphatic rings. The second-order valence-electron chi connectivity index (χ2n) is 14.1. The van der Waals surface area contributed by atoms with Crippen molar-refractivity contribution < 1.29 is 49.5 Å². The molecule has 0 unspecified atom stereocenters. The van der Waals surface area contributed by atoms with Gasteiger partial charge in [0.05, 0.1) is 22.9 Å². The molecule has 2 saturated heterocycles. The molecule has 6 rings (SSSR count). The smallest absolute Gasteiger partial charge is 0.416 e. The van der Waals surface area contributed by atoms with Crippen molar-refractivity contribution in [2.75, 3.05) is 49.2 Å². The van der Waals surface area contributed by atoms with Gasteiger partial charge in [0.15, 0.2) is 9.84 Å². The minimum absolute atomic E-state index is 0.0819. The monoisotopic (exact) mass is 791 g/mol. The van der Waals surface area contributed by atoms with Crippen LogP contribution in [0.15, 0.2) is 78.0 Å². The molecule has 0 saturated carbocycles. The van der Waals surface area contributed by atoms with Crippen LogP contribution < -0.4 is 10.2 Å². The van der Waals surface area contributed by atoms with E-state index in [0.29, 0.717) is 31.0 Å². The van der Waals surface area contributed by atoms with Crippen molar-refractivity contribution in [2.45, 2.75) is 54.9 Å². The Balaban J connectivity index is 1.21. The first-order valence-electron chi connectivity index (χ1n) is 17.6. The van der Waals surface area contributed by atoms with Crippen LogP contribution in [0, 0.1) is 17.6 Å². The van der Waals surface area contributed by atoms with E-state index in [1.54, 1.807) is 21.9 Å². The molecule has 0 radical (unpaired) electrons. The van der Waals surface area contributed by atoms with Crippen LogP contribution in [-0.4, -0.2) is 84.5 Å². The van der Waals surface area contributed by atoms with Gasteiger partial charge in [-0.15, -0.1) is 0 Å². The number of likely N-dealkylation sites (tertiary alicyclic amines) is 1. The number of imidazole rings is 1. The average Bonchev–Trinajstić information content (AvgIpc) is 3.71. The summed E-state index contributed by atoms with van der Waals surface area (Å²) in [6, 6.07) is 12.3. The molecular weight excluding hydrogens is 753 g/mol. The number of alkyl halides is 4. The van der Waals surface area contributed by atoms with Gasteiger partial charge in [-0.3, -0.25) is 19.8 Å². The highest BCUT2D eigenvalue weighted by Gasteiger charge is 2.54. The van der Waals surface area contributed by atoms with Gasteiger partial charge in [-0.05, 0) is 79.3 Å². The van der Waals surface area contributed by atoms with Gasteiger partial charge >= 0.3 is 12.1 Å². The molecular formula is C38H39F6N5O5S. The molecule has 4 aromatic rings. The lowest BCUT2D eigenvalue weighted by Gasteiger charge is -2.34. The molecule has 2 N–H and O–H groups in total. The van der Waals surface area contributed by atoms with Crippen LogP contribution >= 0.6 is 0 Å². The predicted octanol–water partition coefficient (Wildman–Crippen LogP) is 6.31. The van der Waals surface area contributed by atoms with Crippen molar-refractivity contribution in [3.05, 3.63) is 107 Å². The molecule has 55 heavy (non-hydrogen) atoms. The number of benzene rings is 3. The number of amides is 1. The molecule has 0 aliphatic carbocycles. The Morgan fingerprint density at radius 1 is 1.02 bits per heavy atom. The van der Waals surface area contributed by atoms with Crippen LogP contribution in [0.1, 0.15) is 47.4 Å². The highest BCUT2D eigenvalue weighted by atomic mass is 32.2. The summed E-state index contributed by atoms with van der Waals surface area (Å²) in [6.07, 6.45) is 0.710. The van der Waals surface area contributed by atoms with Crippen LogP contribution in [0.3, 0.4) is 0 Å². The summed E-state index contributed by atoms with van der Waals surface area (Å²) in [5.41, 5.74) is -2.32. The fourth-order valence-corrected chi connectivity index (χ4v) is 7.96. The number of carboxylic acid groups (broad SMARTS) is 1. The zero-order chi connectivity index (χ0) is 39.7. The summed E-state index contributed by atoms with van der Waals surface area (Å²) in [7, 11) is -3.37. The first kappa shape index (κ1) is 39.8. The zero-order valence-electron chi connectivity index (χ0n) is 29.7. The van der Waals surface area contributed by atoms with Crippen molar-refractivity contribution in [1.29, 1.82) is 0 Å². The molecule has 10 nitrogen and oxygen atoms in total. The number of aryl methyl sites for hydroxylation is 1. The fraction of sp³-hybridized carbons (Fsp3) is 0.395. The second kappa shape index (κ2) is 15.7. The number of hydrogen-bond donors (Lipinski definition) is 2. The van der Waals surface area contributed by atoms with E-state index in [-0.39, 0.29) is 61.1 Å². The number of nitrogens with zero attached hydrogens (tertiary/aromatic N) is 4. The van der Waals surface area contributed by atoms with Gasteiger partial charge in [0.2, 0.25) is 11.6 Å². The maximum atomic E-state index is 17.2. The Labute approximate surface area is 313 Å². The largest absolute Gasteiger partial charge is 0.481 e. The molecule has 294 valence electrons. The highest BCUT2D eigenvalue weighted by molar-refractivity contribution is 7.90. The minimum atomic E-state index is -4.64. The van der Waals surface area contributed by atoms with Crippen molar-refractivity contribution in [3.8, 4) is 0 Å². The standard InChI is InChI=1S/C38H39F6N5O5S/c1-55(53,54)29-9-4-24(5-10-29)3-2-15-47-22-31(30-11-8-28(39)20-32(30)40)37(41,23-47)35(52)46-36-45-14-18-49(36)21-26-6-7-27(38(42,43)44)19-33(26)48-16-12-25(13-17-48)34(50)51/h4-11,14,18-20,25,31H,2-3,12-13,15-17,21-23H2,1H3,(H,50,51)(H,45,46,52)/t31-,37-/m0/s1. The van der Waals surface area contributed by atoms with Crippen molar-refractivity contribution in [1.82, 2.24) is 14.5 Å². The summed E-state index contributed by atoms with van der Waals surface area (Å²) >= 11 is 0. The van der Waals surface area contributed by atoms with Gasteiger partial charge in [-0.1, -0.05) is 24.3 Å². The number of rotatable bonds is 12. The number of nitrogens with one attached hydrogen (secondary N) is 1. The van der Waals surface area contributed by atoms with Gasteiger partial charge < -0.3 is 14.6 Å². The number of piperidine rings is 1. The van der Waals surface area contributed by atoms with Crippen molar-refractivity contribution in [2.24, 2.45) is 5.92 Å². The Kier molecular flexibility index (Phi) is 11.3. The van der Waals surface area contributed by atoms with Crippen LogP contribution in [-0.2, 0) is 38.6 Å². The Hall–Kier alpha value is -4.90. The SMILES string of the molecule is CS(=O)(=O)c1ccc(CCCN2C[C@@H](c3ccc(F)cc3F)[C@](F)(C(=O)Nc3nccn3Cc3ccc(C(F)(F)F)cc3N3CCC(C(=O)O)CC3)C2)cc1. The molecule has 0 bridgehead atoms. The predicted molar refractivity (Wildman–Crippen MR) is 191 cm³/mol. The lowest BCUT2D eigenvalue weighted by atomic mass is 9.85. The third kappa shape index (κ3) is 8.99. The molecule has 3 heterocycles. The molecule has 0 spiro atoms. The number of carboxylic acids is 1. The van der Waals surface area contributed by atoms with E-state index >= 15 is 8.78 Å². The number of anilines is 2. The van der Waals surface area contributed by atoms with Crippen LogP contribution in [0.5, 0.6) is 0 Å². The molecule has 1 amide bonds. The van der Waals surface area contributed by atoms with E-state index in [1.807, 2.05) is 0 Å². The van der Waals surface area contributed by atoms with Gasteiger partial charge in [0, 0.05) is 62.5 Å². The van der Waals surface area contributed by atoms with E-state index in [1.165, 1.54) is 35.2 Å². The van der Waals surface area contributed by atoms with Gasteiger partial charge in [-0.25, -0.2) is 26.6 Å². The first-order valence-corrected chi connectivity index (χ1v) is 19.5. The molecule has 1 aromatic heterocycles. The number of aromatic nitrogens is 2. The third-order valence-electron chi connectivity index (χ3n) is 10.3. The number of halogens is 6. The highest BCUT2D eigenvalue weighted by Crippen LogP contribution is 2.42. The Morgan fingerprint density at radius 2 is 1.73 bits per heavy atom. The first-order chi connectivity index (χ1) is 25.9. The number of sulfone groups is 1. The van der Waals surface area contributed by atoms with E-state index in [9.17, 15) is 40.7 Å². The average molecular weight is 792 g/mol. The summed E-state index contributed by atoms with van der Waals surface area (Å²) in [5.74, 6) is -6.08. The molecule has 2 aliphatic heterocycles. The van der Waals surface area contributed by atoms with Crippen molar-refractivity contribution in [3.63, 3.8) is 0 Å². The molecule has 17 heteroatoms. The molecule has 2 fully saturated rings. The Bertz CT molecular complexity index is 2160. The lowest BCUT2D eigenvalue weighted by molar-refractivity contribution is -0.142. The van der Waals surface area contributed by atoms with Gasteiger partial charge in [0.1, 0.15) is 11.6 Å². The van der Waals surface area contributed by atoms with Crippen LogP contribution in [0.25, 0.3) is 0 Å². The van der Waals surface area contributed by atoms with E-state index < -0.39 is 69.1 Å². The zero-order valence-corrected chi connectivity index (χ0v) is 30.5. The number of aliphatic carboxylic acids is 1. The summed E-state index contributed by atoms with van der Waals surface area (Å²) in [5, 5.41) is 11.9. The normalized spacial score (nSPS) is 19.8. The van der Waals surface area contributed by atoms with Crippen molar-refractivity contribution >= 4 is 33.3 Å². The third-order valence-corrected chi connectivity index (χ3v) is 11.5. The van der Waals surface area contributed by atoms with E-state index in [0.717, 1.165) is 36.1 Å². The maximum Gasteiger partial charge on any atom is 0.416 e. The fourth-order valence-electron chi connectivity index (χ4n) is 7.33. The number of carbonyl (C=O) groups is 2. The van der Waals surface area contributed by atoms with Gasteiger partial charge in [-0.2, -0.15) is 13.2 Å². The minimum Gasteiger partial charge on any atom is -0.481 e. The Morgan fingerprint density at radius 3 is 2.36 bits per heavy atom. The summed E-state index contributed by atoms with van der Waals surface area (Å²) < 4.78 is 113. The molecule has 3 aromatic carbocycles.